The van der Waals surface area contributed by atoms with Crippen LogP contribution in [-0.4, -0.2) is 23.9 Å². The molecule has 116 valence electrons. The van der Waals surface area contributed by atoms with Crippen LogP contribution in [0, 0.1) is 13.8 Å². The standard InChI is InChI=1S/C18H22N2OS/c1-12-5-4-6-13(2)18(12)19-17(21)11-20-9-7-16-15(14(20)3)8-10-22-16/h4-6,8,10,14H,7,9,11H2,1-3H3,(H,19,21)/t14-/m0/s1. The summed E-state index contributed by atoms with van der Waals surface area (Å²) in [7, 11) is 0. The molecule has 0 radical (unpaired) electrons. The summed E-state index contributed by atoms with van der Waals surface area (Å²) in [5.74, 6) is 0.0722. The van der Waals surface area contributed by atoms with Gasteiger partial charge in [0.1, 0.15) is 0 Å². The van der Waals surface area contributed by atoms with Crippen molar-refractivity contribution in [2.24, 2.45) is 0 Å². The molecule has 0 saturated carbocycles. The number of para-hydroxylation sites is 1. The van der Waals surface area contributed by atoms with Gasteiger partial charge in [-0.25, -0.2) is 0 Å². The predicted molar refractivity (Wildman–Crippen MR) is 92.6 cm³/mol. The Morgan fingerprint density at radius 2 is 2.05 bits per heavy atom. The molecule has 1 aliphatic heterocycles. The Morgan fingerprint density at radius 1 is 1.32 bits per heavy atom. The zero-order valence-corrected chi connectivity index (χ0v) is 14.2. The SMILES string of the molecule is Cc1cccc(C)c1NC(=O)CN1CCc2sccc2[C@@H]1C. The number of hydrogen-bond acceptors (Lipinski definition) is 3. The van der Waals surface area contributed by atoms with Gasteiger partial charge in [-0.15, -0.1) is 11.3 Å². The number of benzene rings is 1. The van der Waals surface area contributed by atoms with Crippen LogP contribution >= 0.6 is 11.3 Å². The van der Waals surface area contributed by atoms with Crippen LogP contribution in [0.3, 0.4) is 0 Å². The lowest BCUT2D eigenvalue weighted by molar-refractivity contribution is -0.117. The van der Waals surface area contributed by atoms with Crippen molar-refractivity contribution in [2.75, 3.05) is 18.4 Å². The van der Waals surface area contributed by atoms with Crippen molar-refractivity contribution in [3.05, 3.63) is 51.2 Å². The third-order valence-electron chi connectivity index (χ3n) is 4.50. The van der Waals surface area contributed by atoms with Crippen LogP contribution in [0.1, 0.15) is 34.5 Å². The van der Waals surface area contributed by atoms with Crippen LogP contribution in [0.5, 0.6) is 0 Å². The van der Waals surface area contributed by atoms with E-state index in [1.807, 2.05) is 43.4 Å². The Bertz CT molecular complexity index is 672. The highest BCUT2D eigenvalue weighted by Crippen LogP contribution is 2.32. The molecule has 4 heteroatoms. The Labute approximate surface area is 136 Å². The third-order valence-corrected chi connectivity index (χ3v) is 5.49. The number of nitrogens with one attached hydrogen (secondary N) is 1. The second-order valence-electron chi connectivity index (χ2n) is 6.01. The van der Waals surface area contributed by atoms with Gasteiger partial charge in [0.05, 0.1) is 6.54 Å². The van der Waals surface area contributed by atoms with Crippen molar-refractivity contribution in [1.82, 2.24) is 4.90 Å². The van der Waals surface area contributed by atoms with E-state index in [4.69, 9.17) is 0 Å². The first-order valence-electron chi connectivity index (χ1n) is 7.72. The summed E-state index contributed by atoms with van der Waals surface area (Å²) < 4.78 is 0. The van der Waals surface area contributed by atoms with Crippen LogP contribution in [0.15, 0.2) is 29.6 Å². The second-order valence-corrected chi connectivity index (χ2v) is 7.01. The topological polar surface area (TPSA) is 32.3 Å². The lowest BCUT2D eigenvalue weighted by Gasteiger charge is -2.33. The number of nitrogens with zero attached hydrogens (tertiary/aromatic N) is 1. The van der Waals surface area contributed by atoms with E-state index in [9.17, 15) is 4.79 Å². The third kappa shape index (κ3) is 2.94. The largest absolute Gasteiger partial charge is 0.324 e. The molecule has 1 N–H and O–H groups in total. The maximum absolute atomic E-state index is 12.4. The summed E-state index contributed by atoms with van der Waals surface area (Å²) in [6, 6.07) is 8.59. The van der Waals surface area contributed by atoms with Gasteiger partial charge in [-0.1, -0.05) is 18.2 Å². The fourth-order valence-electron chi connectivity index (χ4n) is 3.15. The minimum Gasteiger partial charge on any atom is -0.324 e. The zero-order valence-electron chi connectivity index (χ0n) is 13.3. The van der Waals surface area contributed by atoms with E-state index in [1.165, 1.54) is 10.4 Å². The van der Waals surface area contributed by atoms with E-state index >= 15 is 0 Å². The van der Waals surface area contributed by atoms with E-state index in [-0.39, 0.29) is 5.91 Å². The van der Waals surface area contributed by atoms with E-state index < -0.39 is 0 Å². The molecule has 0 unspecified atom stereocenters. The molecule has 1 atom stereocenters. The fourth-order valence-corrected chi connectivity index (χ4v) is 4.12. The van der Waals surface area contributed by atoms with Gasteiger partial charge in [-0.05, 0) is 55.3 Å². The molecule has 1 aliphatic rings. The van der Waals surface area contributed by atoms with Crippen molar-refractivity contribution in [3.8, 4) is 0 Å². The van der Waals surface area contributed by atoms with Crippen molar-refractivity contribution < 1.29 is 4.79 Å². The minimum absolute atomic E-state index is 0.0722. The second kappa shape index (κ2) is 6.23. The smallest absolute Gasteiger partial charge is 0.238 e. The molecule has 2 heterocycles. The molecule has 0 bridgehead atoms. The predicted octanol–water partition coefficient (Wildman–Crippen LogP) is 3.92. The number of fused-ring (bicyclic) bond motifs is 1. The highest BCUT2D eigenvalue weighted by Gasteiger charge is 2.26. The number of anilines is 1. The highest BCUT2D eigenvalue weighted by molar-refractivity contribution is 7.10. The summed E-state index contributed by atoms with van der Waals surface area (Å²) in [5, 5.41) is 5.24. The summed E-state index contributed by atoms with van der Waals surface area (Å²) in [6.45, 7) is 7.66. The normalized spacial score (nSPS) is 18.0. The molecule has 1 amide bonds. The van der Waals surface area contributed by atoms with Crippen molar-refractivity contribution >= 4 is 22.9 Å². The van der Waals surface area contributed by atoms with Gasteiger partial charge < -0.3 is 5.32 Å². The Hall–Kier alpha value is -1.65. The summed E-state index contributed by atoms with van der Waals surface area (Å²) in [5.41, 5.74) is 4.56. The molecule has 0 fully saturated rings. The van der Waals surface area contributed by atoms with E-state index in [2.05, 4.69) is 28.6 Å². The first-order valence-corrected chi connectivity index (χ1v) is 8.60. The first kappa shape index (κ1) is 15.3. The van der Waals surface area contributed by atoms with Gasteiger partial charge in [-0.3, -0.25) is 9.69 Å². The number of thiophene rings is 1. The molecule has 0 saturated heterocycles. The van der Waals surface area contributed by atoms with Crippen LogP contribution < -0.4 is 5.32 Å². The van der Waals surface area contributed by atoms with Gasteiger partial charge in [-0.2, -0.15) is 0 Å². The number of hydrogen-bond donors (Lipinski definition) is 1. The first-order chi connectivity index (χ1) is 10.6. The maximum atomic E-state index is 12.4. The highest BCUT2D eigenvalue weighted by atomic mass is 32.1. The number of carbonyl (C=O) groups is 1. The Balaban J connectivity index is 1.68. The quantitative estimate of drug-likeness (QED) is 0.931. The minimum atomic E-state index is 0.0722. The molecule has 2 aromatic rings. The summed E-state index contributed by atoms with van der Waals surface area (Å²) in [4.78, 5) is 16.2. The maximum Gasteiger partial charge on any atom is 0.238 e. The molecule has 1 aromatic heterocycles. The number of carbonyl (C=O) groups excluding carboxylic acids is 1. The van der Waals surface area contributed by atoms with Crippen molar-refractivity contribution in [3.63, 3.8) is 0 Å². The fraction of sp³-hybridized carbons (Fsp3) is 0.389. The summed E-state index contributed by atoms with van der Waals surface area (Å²) in [6.07, 6.45) is 1.05. The van der Waals surface area contributed by atoms with E-state index in [0.717, 1.165) is 29.8 Å². The van der Waals surface area contributed by atoms with Gasteiger partial charge in [0.25, 0.3) is 0 Å². The zero-order chi connectivity index (χ0) is 15.7. The van der Waals surface area contributed by atoms with Gasteiger partial charge in [0, 0.05) is 23.2 Å². The number of aryl methyl sites for hydroxylation is 2. The van der Waals surface area contributed by atoms with E-state index in [1.54, 1.807) is 0 Å². The Kier molecular flexibility index (Phi) is 4.32. The molecule has 0 aliphatic carbocycles. The van der Waals surface area contributed by atoms with Gasteiger partial charge in [0.15, 0.2) is 0 Å². The molecule has 0 spiro atoms. The number of rotatable bonds is 3. The van der Waals surface area contributed by atoms with Crippen molar-refractivity contribution in [1.29, 1.82) is 0 Å². The lowest BCUT2D eigenvalue weighted by atomic mass is 10.0. The van der Waals surface area contributed by atoms with Crippen LogP contribution in [-0.2, 0) is 11.2 Å². The molecule has 22 heavy (non-hydrogen) atoms. The number of amides is 1. The molecular formula is C18H22N2OS. The van der Waals surface area contributed by atoms with Crippen LogP contribution in [0.2, 0.25) is 0 Å². The summed E-state index contributed by atoms with van der Waals surface area (Å²) >= 11 is 1.83. The van der Waals surface area contributed by atoms with Crippen LogP contribution in [0.4, 0.5) is 5.69 Å². The molecule has 3 nitrogen and oxygen atoms in total. The van der Waals surface area contributed by atoms with Crippen molar-refractivity contribution in [2.45, 2.75) is 33.2 Å². The average Bonchev–Trinajstić information content (AvgIpc) is 2.95. The monoisotopic (exact) mass is 314 g/mol. The molecule has 1 aromatic carbocycles. The van der Waals surface area contributed by atoms with Gasteiger partial charge in [0.2, 0.25) is 5.91 Å². The molecular weight excluding hydrogens is 292 g/mol. The molecule has 3 rings (SSSR count). The van der Waals surface area contributed by atoms with E-state index in [0.29, 0.717) is 12.6 Å². The average molecular weight is 314 g/mol. The van der Waals surface area contributed by atoms with Crippen LogP contribution in [0.25, 0.3) is 0 Å². The van der Waals surface area contributed by atoms with Gasteiger partial charge >= 0.3 is 0 Å². The lowest BCUT2D eigenvalue weighted by Crippen LogP contribution is -2.39. The Morgan fingerprint density at radius 3 is 2.77 bits per heavy atom.